The number of ketones is 1. The zero-order chi connectivity index (χ0) is 9.10. The first-order valence-electron chi connectivity index (χ1n) is 3.75. The number of aromatic nitrogens is 3. The highest BCUT2D eigenvalue weighted by Gasteiger charge is 2.10. The Morgan fingerprint density at radius 2 is 2.38 bits per heavy atom. The number of pyridine rings is 1. The summed E-state index contributed by atoms with van der Waals surface area (Å²) >= 11 is 0. The van der Waals surface area contributed by atoms with Gasteiger partial charge in [-0.2, -0.15) is 5.10 Å². The van der Waals surface area contributed by atoms with E-state index >= 15 is 0 Å². The van der Waals surface area contributed by atoms with Gasteiger partial charge in [0.15, 0.2) is 0 Å². The molecule has 2 aromatic heterocycles. The van der Waals surface area contributed by atoms with E-state index in [9.17, 15) is 4.79 Å². The molecule has 13 heavy (non-hydrogen) atoms. The summed E-state index contributed by atoms with van der Waals surface area (Å²) < 4.78 is 0. The van der Waals surface area contributed by atoms with Crippen molar-refractivity contribution in [3.63, 3.8) is 0 Å². The molecule has 2 rings (SSSR count). The predicted octanol–water partition coefficient (Wildman–Crippen LogP) is 0.836. The third kappa shape index (κ3) is 1.46. The van der Waals surface area contributed by atoms with Crippen LogP contribution in [0.4, 0.5) is 0 Å². The highest BCUT2D eigenvalue weighted by atomic mass is 16.1. The second-order valence-electron chi connectivity index (χ2n) is 2.45. The topological polar surface area (TPSA) is 58.6 Å². The Bertz CT molecular complexity index is 394. The highest BCUT2D eigenvalue weighted by molar-refractivity contribution is 6.07. The molecule has 0 unspecified atom stereocenters. The van der Waals surface area contributed by atoms with E-state index in [0.29, 0.717) is 11.3 Å². The van der Waals surface area contributed by atoms with Crippen LogP contribution in [0.1, 0.15) is 16.1 Å². The first-order chi connectivity index (χ1) is 6.38. The highest BCUT2D eigenvalue weighted by Crippen LogP contribution is 2.03. The number of H-pyrrole nitrogens is 1. The largest absolute Gasteiger partial charge is 0.287 e. The monoisotopic (exact) mass is 172 g/mol. The van der Waals surface area contributed by atoms with Crippen LogP contribution in [-0.4, -0.2) is 21.0 Å². The standard InChI is InChI=1S/C9H6N3O/c13-9(7-5-11-12-6-7)8-3-1-2-4-10-8/h1-5H,(H,11,12). The molecule has 0 aliphatic rings. The van der Waals surface area contributed by atoms with Crippen molar-refractivity contribution in [3.05, 3.63) is 48.0 Å². The van der Waals surface area contributed by atoms with Gasteiger partial charge in [0, 0.05) is 12.4 Å². The lowest BCUT2D eigenvalue weighted by Crippen LogP contribution is -2.01. The smallest absolute Gasteiger partial charge is 0.215 e. The van der Waals surface area contributed by atoms with Gasteiger partial charge in [0.05, 0.1) is 5.56 Å². The van der Waals surface area contributed by atoms with Crippen molar-refractivity contribution in [2.24, 2.45) is 0 Å². The normalized spacial score (nSPS) is 9.85. The lowest BCUT2D eigenvalue weighted by Gasteiger charge is -1.93. The van der Waals surface area contributed by atoms with Crippen LogP contribution in [0.5, 0.6) is 0 Å². The number of nitrogens with zero attached hydrogens (tertiary/aromatic N) is 2. The number of carbonyl (C=O) groups is 1. The van der Waals surface area contributed by atoms with Crippen LogP contribution in [0.3, 0.4) is 0 Å². The fourth-order valence-electron chi connectivity index (χ4n) is 0.973. The number of nitrogens with one attached hydrogen (secondary N) is 1. The Labute approximate surface area is 74.6 Å². The average Bonchev–Trinajstić information content (AvgIpc) is 2.71. The Kier molecular flexibility index (Phi) is 1.88. The lowest BCUT2D eigenvalue weighted by molar-refractivity contribution is 0.103. The van der Waals surface area contributed by atoms with Gasteiger partial charge in [-0.15, -0.1) is 0 Å². The molecule has 0 saturated heterocycles. The quantitative estimate of drug-likeness (QED) is 0.683. The summed E-state index contributed by atoms with van der Waals surface area (Å²) in [7, 11) is 0. The third-order valence-corrected chi connectivity index (χ3v) is 1.59. The minimum Gasteiger partial charge on any atom is -0.287 e. The van der Waals surface area contributed by atoms with Crippen molar-refractivity contribution in [2.75, 3.05) is 0 Å². The van der Waals surface area contributed by atoms with Crippen molar-refractivity contribution < 1.29 is 4.79 Å². The van der Waals surface area contributed by atoms with Crippen LogP contribution in [0.2, 0.25) is 0 Å². The Hall–Kier alpha value is -1.97. The molecule has 0 aliphatic heterocycles. The fraction of sp³-hybridized carbons (Fsp3) is 0. The van der Waals surface area contributed by atoms with Gasteiger partial charge in [-0.1, -0.05) is 6.07 Å². The first kappa shape index (κ1) is 7.67. The Morgan fingerprint density at radius 3 is 3.00 bits per heavy atom. The van der Waals surface area contributed by atoms with Crippen molar-refractivity contribution in [1.29, 1.82) is 0 Å². The van der Waals surface area contributed by atoms with Crippen molar-refractivity contribution >= 4 is 5.78 Å². The summed E-state index contributed by atoms with van der Waals surface area (Å²) in [6.07, 6.45) is 5.61. The van der Waals surface area contributed by atoms with Crippen LogP contribution in [0.15, 0.2) is 30.6 Å². The molecule has 0 saturated carbocycles. The molecular formula is C9H6N3O. The van der Waals surface area contributed by atoms with Crippen LogP contribution in [0.25, 0.3) is 0 Å². The van der Waals surface area contributed by atoms with E-state index in [1.807, 2.05) is 0 Å². The zero-order valence-electron chi connectivity index (χ0n) is 6.69. The van der Waals surface area contributed by atoms with Crippen molar-refractivity contribution in [1.82, 2.24) is 15.2 Å². The minimum atomic E-state index is -0.172. The number of hydrogen-bond donors (Lipinski definition) is 1. The number of carbonyl (C=O) groups excluding carboxylic acids is 1. The lowest BCUT2D eigenvalue weighted by atomic mass is 10.1. The number of hydrogen-bond acceptors (Lipinski definition) is 3. The molecule has 0 aromatic carbocycles. The van der Waals surface area contributed by atoms with E-state index in [1.165, 1.54) is 6.20 Å². The van der Waals surface area contributed by atoms with E-state index in [0.717, 1.165) is 0 Å². The van der Waals surface area contributed by atoms with Crippen molar-refractivity contribution in [3.8, 4) is 0 Å². The zero-order valence-corrected chi connectivity index (χ0v) is 6.69. The summed E-state index contributed by atoms with van der Waals surface area (Å²) in [5.41, 5.74) is 0.804. The van der Waals surface area contributed by atoms with Crippen LogP contribution < -0.4 is 0 Å². The molecule has 2 heterocycles. The number of rotatable bonds is 2. The van der Waals surface area contributed by atoms with E-state index in [2.05, 4.69) is 21.4 Å². The second kappa shape index (κ2) is 3.18. The molecule has 0 spiro atoms. The van der Waals surface area contributed by atoms with Gasteiger partial charge in [0.25, 0.3) is 0 Å². The molecule has 1 radical (unpaired) electrons. The molecule has 0 fully saturated rings. The molecule has 2 aromatic rings. The average molecular weight is 172 g/mol. The summed E-state index contributed by atoms with van der Waals surface area (Å²) in [6.45, 7) is 0. The Morgan fingerprint density at radius 1 is 1.46 bits per heavy atom. The second-order valence-corrected chi connectivity index (χ2v) is 2.45. The summed E-state index contributed by atoms with van der Waals surface area (Å²) in [5.74, 6) is -0.172. The van der Waals surface area contributed by atoms with Crippen molar-refractivity contribution in [2.45, 2.75) is 0 Å². The number of aromatic amines is 1. The van der Waals surface area contributed by atoms with Gasteiger partial charge in [-0.3, -0.25) is 14.9 Å². The van der Waals surface area contributed by atoms with Gasteiger partial charge < -0.3 is 0 Å². The molecule has 0 bridgehead atoms. The summed E-state index contributed by atoms with van der Waals surface area (Å²) in [4.78, 5) is 15.5. The van der Waals surface area contributed by atoms with Gasteiger partial charge in [-0.25, -0.2) is 0 Å². The van der Waals surface area contributed by atoms with E-state index in [-0.39, 0.29) is 5.78 Å². The molecule has 0 atom stereocenters. The first-order valence-corrected chi connectivity index (χ1v) is 3.75. The third-order valence-electron chi connectivity index (χ3n) is 1.59. The van der Waals surface area contributed by atoms with Gasteiger partial charge >= 0.3 is 0 Å². The van der Waals surface area contributed by atoms with E-state index in [4.69, 9.17) is 0 Å². The summed E-state index contributed by atoms with van der Waals surface area (Å²) in [6, 6.07) is 5.18. The maximum Gasteiger partial charge on any atom is 0.215 e. The molecule has 1 N–H and O–H groups in total. The molecule has 0 amide bonds. The SMILES string of the molecule is O=C(c1[c]n[nH]c1)c1ccccn1. The van der Waals surface area contributed by atoms with E-state index < -0.39 is 0 Å². The van der Waals surface area contributed by atoms with Gasteiger partial charge in [-0.05, 0) is 12.1 Å². The van der Waals surface area contributed by atoms with Gasteiger partial charge in [0.2, 0.25) is 5.78 Å². The maximum atomic E-state index is 11.6. The summed E-state index contributed by atoms with van der Waals surface area (Å²) in [5, 5.41) is 6.10. The van der Waals surface area contributed by atoms with Crippen LogP contribution >= 0.6 is 0 Å². The molecule has 0 aliphatic carbocycles. The maximum absolute atomic E-state index is 11.6. The van der Waals surface area contributed by atoms with E-state index in [1.54, 1.807) is 24.4 Å². The minimum absolute atomic E-state index is 0.172. The molecular weight excluding hydrogens is 166 g/mol. The predicted molar refractivity (Wildman–Crippen MR) is 45.1 cm³/mol. The van der Waals surface area contributed by atoms with Crippen LogP contribution in [-0.2, 0) is 0 Å². The molecule has 4 heteroatoms. The molecule has 4 nitrogen and oxygen atoms in total. The Balaban J connectivity index is 2.34. The molecule has 63 valence electrons. The van der Waals surface area contributed by atoms with Crippen LogP contribution in [0, 0.1) is 6.20 Å². The van der Waals surface area contributed by atoms with Gasteiger partial charge in [0.1, 0.15) is 11.9 Å². The fourth-order valence-corrected chi connectivity index (χ4v) is 0.973.